The van der Waals surface area contributed by atoms with E-state index < -0.39 is 0 Å². The highest BCUT2D eigenvalue weighted by atomic mass is 14.2. The summed E-state index contributed by atoms with van der Waals surface area (Å²) in [6.07, 6.45) is 0. The van der Waals surface area contributed by atoms with Crippen molar-refractivity contribution in [2.24, 2.45) is 0 Å². The van der Waals surface area contributed by atoms with Crippen molar-refractivity contribution >= 4 is 53.9 Å². The SMILES string of the molecule is CC(C)(C)c1ccc2c(-c3cccc4ccccc34)c3ccccc3c(-c3ccc4c(ccc5ccccc54)c3)c2c1. The summed E-state index contributed by atoms with van der Waals surface area (Å²) in [4.78, 5) is 0. The van der Waals surface area contributed by atoms with E-state index >= 15 is 0 Å². The van der Waals surface area contributed by atoms with Crippen molar-refractivity contribution in [3.63, 3.8) is 0 Å². The van der Waals surface area contributed by atoms with Gasteiger partial charge in [0.2, 0.25) is 0 Å². The van der Waals surface area contributed by atoms with Gasteiger partial charge in [0, 0.05) is 0 Å². The van der Waals surface area contributed by atoms with Gasteiger partial charge in [-0.25, -0.2) is 0 Å². The predicted octanol–water partition coefficient (Wildman–Crippen LogP) is 12.1. The highest BCUT2D eigenvalue weighted by Crippen LogP contribution is 2.46. The van der Waals surface area contributed by atoms with Gasteiger partial charge in [0.05, 0.1) is 0 Å². The molecule has 0 saturated carbocycles. The first-order valence-electron chi connectivity index (χ1n) is 14.9. The van der Waals surface area contributed by atoms with Gasteiger partial charge in [-0.05, 0) is 99.2 Å². The molecule has 0 nitrogen and oxygen atoms in total. The summed E-state index contributed by atoms with van der Waals surface area (Å²) in [5, 5.41) is 12.9. The van der Waals surface area contributed by atoms with Crippen molar-refractivity contribution in [2.45, 2.75) is 26.2 Å². The quantitative estimate of drug-likeness (QED) is 0.152. The first kappa shape index (κ1) is 24.8. The molecule has 0 atom stereocenters. The first-order valence-corrected chi connectivity index (χ1v) is 14.9. The molecule has 0 heterocycles. The predicted molar refractivity (Wildman–Crippen MR) is 184 cm³/mol. The fraction of sp³-hybridized carbons (Fsp3) is 0.0952. The van der Waals surface area contributed by atoms with Crippen LogP contribution in [0.25, 0.3) is 76.1 Å². The van der Waals surface area contributed by atoms with E-state index in [2.05, 4.69) is 160 Å². The molecule has 8 rings (SSSR count). The molecule has 0 saturated heterocycles. The molecule has 8 aromatic rings. The minimum absolute atomic E-state index is 0.0407. The molecule has 0 aliphatic rings. The van der Waals surface area contributed by atoms with Crippen LogP contribution in [0.2, 0.25) is 0 Å². The minimum atomic E-state index is 0.0407. The van der Waals surface area contributed by atoms with Crippen LogP contribution >= 0.6 is 0 Å². The maximum atomic E-state index is 2.45. The fourth-order valence-electron chi connectivity index (χ4n) is 6.86. The highest BCUT2D eigenvalue weighted by molar-refractivity contribution is 6.24. The highest BCUT2D eigenvalue weighted by Gasteiger charge is 2.21. The summed E-state index contributed by atoms with van der Waals surface area (Å²) in [5.41, 5.74) is 6.56. The standard InChI is InChI=1S/C42H32/c1-42(2,3)31-22-24-38-39(26-31)40(30-21-23-34-29(25-30)20-19-28-12-5-6-14-32(28)34)36-16-8-9-17-37(36)41(38)35-18-10-13-27-11-4-7-15-33(27)35/h4-26H,1-3H3. The molecule has 200 valence electrons. The number of fused-ring (bicyclic) bond motifs is 6. The van der Waals surface area contributed by atoms with E-state index in [-0.39, 0.29) is 5.41 Å². The monoisotopic (exact) mass is 536 g/mol. The zero-order valence-electron chi connectivity index (χ0n) is 24.3. The molecule has 0 N–H and O–H groups in total. The van der Waals surface area contributed by atoms with E-state index in [9.17, 15) is 0 Å². The summed E-state index contributed by atoms with van der Waals surface area (Å²) in [6.45, 7) is 6.92. The summed E-state index contributed by atoms with van der Waals surface area (Å²) >= 11 is 0. The largest absolute Gasteiger partial charge is 0.0616 e. The Bertz CT molecular complexity index is 2320. The summed E-state index contributed by atoms with van der Waals surface area (Å²) < 4.78 is 0. The third kappa shape index (κ3) is 3.83. The van der Waals surface area contributed by atoms with Gasteiger partial charge in [0.15, 0.2) is 0 Å². The third-order valence-electron chi connectivity index (χ3n) is 8.98. The molecular formula is C42H32. The van der Waals surface area contributed by atoms with Crippen molar-refractivity contribution in [1.29, 1.82) is 0 Å². The second kappa shape index (κ2) is 9.29. The van der Waals surface area contributed by atoms with Gasteiger partial charge in [-0.15, -0.1) is 0 Å². The van der Waals surface area contributed by atoms with Crippen molar-refractivity contribution < 1.29 is 0 Å². The van der Waals surface area contributed by atoms with Crippen molar-refractivity contribution in [3.05, 3.63) is 145 Å². The lowest BCUT2D eigenvalue weighted by atomic mass is 9.80. The van der Waals surface area contributed by atoms with E-state index in [1.165, 1.54) is 81.7 Å². The number of hydrogen-bond acceptors (Lipinski definition) is 0. The molecule has 0 radical (unpaired) electrons. The van der Waals surface area contributed by atoms with Crippen LogP contribution < -0.4 is 0 Å². The van der Waals surface area contributed by atoms with E-state index in [1.54, 1.807) is 0 Å². The van der Waals surface area contributed by atoms with Crippen molar-refractivity contribution in [2.75, 3.05) is 0 Å². The van der Waals surface area contributed by atoms with Crippen LogP contribution in [-0.4, -0.2) is 0 Å². The zero-order valence-corrected chi connectivity index (χ0v) is 24.3. The minimum Gasteiger partial charge on any atom is -0.0616 e. The van der Waals surface area contributed by atoms with Crippen LogP contribution in [0, 0.1) is 0 Å². The molecule has 0 aromatic heterocycles. The van der Waals surface area contributed by atoms with Crippen LogP contribution in [0.1, 0.15) is 26.3 Å². The Morgan fingerprint density at radius 1 is 0.357 bits per heavy atom. The van der Waals surface area contributed by atoms with E-state index in [4.69, 9.17) is 0 Å². The number of hydrogen-bond donors (Lipinski definition) is 0. The molecule has 0 aliphatic heterocycles. The normalized spacial score (nSPS) is 12.2. The molecule has 0 bridgehead atoms. The fourth-order valence-corrected chi connectivity index (χ4v) is 6.86. The average Bonchev–Trinajstić information content (AvgIpc) is 3.02. The number of benzene rings is 8. The maximum absolute atomic E-state index is 2.45. The Kier molecular flexibility index (Phi) is 5.49. The van der Waals surface area contributed by atoms with Gasteiger partial charge in [-0.1, -0.05) is 148 Å². The number of rotatable bonds is 2. The van der Waals surface area contributed by atoms with Crippen LogP contribution in [0.5, 0.6) is 0 Å². The first-order chi connectivity index (χ1) is 20.5. The van der Waals surface area contributed by atoms with Crippen LogP contribution in [-0.2, 0) is 5.41 Å². The third-order valence-corrected chi connectivity index (χ3v) is 8.98. The molecular weight excluding hydrogens is 504 g/mol. The van der Waals surface area contributed by atoms with Gasteiger partial charge in [0.1, 0.15) is 0 Å². The van der Waals surface area contributed by atoms with Crippen LogP contribution in [0.4, 0.5) is 0 Å². The lowest BCUT2D eigenvalue weighted by Crippen LogP contribution is -2.10. The Morgan fingerprint density at radius 3 is 1.67 bits per heavy atom. The van der Waals surface area contributed by atoms with E-state index in [0.29, 0.717) is 0 Å². The topological polar surface area (TPSA) is 0 Å². The van der Waals surface area contributed by atoms with Gasteiger partial charge >= 0.3 is 0 Å². The molecule has 0 unspecified atom stereocenters. The molecule has 8 aromatic carbocycles. The van der Waals surface area contributed by atoms with Crippen LogP contribution in [0.15, 0.2) is 140 Å². The average molecular weight is 537 g/mol. The van der Waals surface area contributed by atoms with E-state index in [1.807, 2.05) is 0 Å². The maximum Gasteiger partial charge on any atom is -0.00201 e. The second-order valence-electron chi connectivity index (χ2n) is 12.6. The van der Waals surface area contributed by atoms with Crippen LogP contribution in [0.3, 0.4) is 0 Å². The molecule has 0 fully saturated rings. The molecule has 0 amide bonds. The van der Waals surface area contributed by atoms with Gasteiger partial charge in [-0.3, -0.25) is 0 Å². The lowest BCUT2D eigenvalue weighted by Gasteiger charge is -2.23. The summed E-state index contributed by atoms with van der Waals surface area (Å²) in [7, 11) is 0. The second-order valence-corrected chi connectivity index (χ2v) is 12.6. The molecule has 0 spiro atoms. The smallest absolute Gasteiger partial charge is 0.00201 e. The Balaban J connectivity index is 1.52. The molecule has 0 heteroatoms. The van der Waals surface area contributed by atoms with Gasteiger partial charge in [-0.2, -0.15) is 0 Å². The Morgan fingerprint density at radius 2 is 0.905 bits per heavy atom. The van der Waals surface area contributed by atoms with Crippen molar-refractivity contribution in [3.8, 4) is 22.3 Å². The van der Waals surface area contributed by atoms with Crippen molar-refractivity contribution in [1.82, 2.24) is 0 Å². The van der Waals surface area contributed by atoms with Gasteiger partial charge in [0.25, 0.3) is 0 Å². The lowest BCUT2D eigenvalue weighted by molar-refractivity contribution is 0.591. The summed E-state index contributed by atoms with van der Waals surface area (Å²) in [5.74, 6) is 0. The Hall–Kier alpha value is -4.94. The Labute approximate surface area is 246 Å². The molecule has 0 aliphatic carbocycles. The zero-order chi connectivity index (χ0) is 28.4. The van der Waals surface area contributed by atoms with E-state index in [0.717, 1.165) is 0 Å². The molecule has 42 heavy (non-hydrogen) atoms. The van der Waals surface area contributed by atoms with Gasteiger partial charge < -0.3 is 0 Å². The summed E-state index contributed by atoms with van der Waals surface area (Å²) in [6, 6.07) is 51.9.